The van der Waals surface area contributed by atoms with Crippen molar-refractivity contribution >= 4 is 23.5 Å². The molecule has 0 aliphatic heterocycles. The van der Waals surface area contributed by atoms with Crippen LogP contribution in [0, 0.1) is 0 Å². The summed E-state index contributed by atoms with van der Waals surface area (Å²) in [6.45, 7) is 0. The Balaban J connectivity index is 1.57. The van der Waals surface area contributed by atoms with E-state index in [1.165, 1.54) is 12.8 Å². The summed E-state index contributed by atoms with van der Waals surface area (Å²) in [6.07, 6.45) is 5.79. The highest BCUT2D eigenvalue weighted by molar-refractivity contribution is 7.99. The first kappa shape index (κ1) is 13.4. The molecule has 2 heterocycles. The van der Waals surface area contributed by atoms with Crippen LogP contribution < -0.4 is 0 Å². The summed E-state index contributed by atoms with van der Waals surface area (Å²) in [4.78, 5) is 0. The van der Waals surface area contributed by atoms with E-state index in [1.807, 2.05) is 23.2 Å². The van der Waals surface area contributed by atoms with E-state index < -0.39 is 0 Å². The smallest absolute Gasteiger partial charge is 0.190 e. The minimum Gasteiger partial charge on any atom is -0.312 e. The minimum absolute atomic E-state index is 0.982. The predicted molar refractivity (Wildman–Crippen MR) is 72.7 cm³/mol. The van der Waals surface area contributed by atoms with Crippen LogP contribution in [-0.4, -0.2) is 41.0 Å². The van der Waals surface area contributed by atoms with Gasteiger partial charge < -0.3 is 9.13 Å². The molecule has 2 rings (SSSR count). The Morgan fingerprint density at radius 1 is 0.889 bits per heavy atom. The van der Waals surface area contributed by atoms with Crippen LogP contribution in [0.1, 0.15) is 12.8 Å². The maximum atomic E-state index is 4.03. The SMILES string of the molecule is Cn1cnnc1SCCCCSc1nncn1C. The van der Waals surface area contributed by atoms with Gasteiger partial charge in [0, 0.05) is 25.6 Å². The predicted octanol–water partition coefficient (Wildman–Crippen LogP) is 1.61. The fourth-order valence-corrected chi connectivity index (χ4v) is 3.11. The lowest BCUT2D eigenvalue weighted by Gasteiger charge is -2.01. The molecular formula is C10H16N6S2. The lowest BCUT2D eigenvalue weighted by molar-refractivity contribution is 0.782. The zero-order valence-corrected chi connectivity index (χ0v) is 12.1. The Morgan fingerprint density at radius 3 is 1.67 bits per heavy atom. The van der Waals surface area contributed by atoms with Gasteiger partial charge in [0.15, 0.2) is 10.3 Å². The molecule has 0 amide bonds. The van der Waals surface area contributed by atoms with Gasteiger partial charge >= 0.3 is 0 Å². The molecular weight excluding hydrogens is 268 g/mol. The number of aromatic nitrogens is 6. The lowest BCUT2D eigenvalue weighted by Crippen LogP contribution is -1.92. The normalized spacial score (nSPS) is 11.0. The van der Waals surface area contributed by atoms with E-state index in [0.717, 1.165) is 21.8 Å². The van der Waals surface area contributed by atoms with Crippen molar-refractivity contribution in [1.29, 1.82) is 0 Å². The maximum Gasteiger partial charge on any atom is 0.190 e. The van der Waals surface area contributed by atoms with Crippen LogP contribution in [0.5, 0.6) is 0 Å². The van der Waals surface area contributed by atoms with Gasteiger partial charge in [0.25, 0.3) is 0 Å². The van der Waals surface area contributed by atoms with Gasteiger partial charge in [-0.25, -0.2) is 0 Å². The van der Waals surface area contributed by atoms with E-state index in [4.69, 9.17) is 0 Å². The summed E-state index contributed by atoms with van der Waals surface area (Å²) in [5, 5.41) is 17.7. The Bertz CT molecular complexity index is 436. The first-order valence-electron chi connectivity index (χ1n) is 5.71. The largest absolute Gasteiger partial charge is 0.312 e. The van der Waals surface area contributed by atoms with Gasteiger partial charge in [-0.3, -0.25) is 0 Å². The first-order valence-corrected chi connectivity index (χ1v) is 7.68. The maximum absolute atomic E-state index is 4.03. The Labute approximate surface area is 115 Å². The molecule has 8 heteroatoms. The van der Waals surface area contributed by atoms with Crippen molar-refractivity contribution < 1.29 is 0 Å². The van der Waals surface area contributed by atoms with Crippen LogP contribution in [-0.2, 0) is 14.1 Å². The van der Waals surface area contributed by atoms with Crippen LogP contribution in [0.15, 0.2) is 23.0 Å². The average molecular weight is 284 g/mol. The topological polar surface area (TPSA) is 61.4 Å². The second-order valence-electron chi connectivity index (χ2n) is 3.85. The van der Waals surface area contributed by atoms with Crippen molar-refractivity contribution in [2.45, 2.75) is 23.2 Å². The fourth-order valence-electron chi connectivity index (χ4n) is 1.34. The standard InChI is InChI=1S/C10H16N6S2/c1-15-7-11-13-9(15)17-5-3-4-6-18-10-14-12-8-16(10)2/h7-8H,3-6H2,1-2H3. The third-order valence-corrected chi connectivity index (χ3v) is 4.58. The molecule has 0 fully saturated rings. The number of hydrogen-bond donors (Lipinski definition) is 0. The van der Waals surface area contributed by atoms with E-state index in [2.05, 4.69) is 20.4 Å². The third-order valence-electron chi connectivity index (χ3n) is 2.34. The summed E-state index contributed by atoms with van der Waals surface area (Å²) in [7, 11) is 3.93. The fraction of sp³-hybridized carbons (Fsp3) is 0.600. The molecule has 0 N–H and O–H groups in total. The molecule has 6 nitrogen and oxygen atoms in total. The summed E-state index contributed by atoms with van der Waals surface area (Å²) in [5.74, 6) is 2.15. The summed E-state index contributed by atoms with van der Waals surface area (Å²) >= 11 is 3.50. The Kier molecular flexibility index (Phi) is 5.06. The van der Waals surface area contributed by atoms with Crippen LogP contribution in [0.4, 0.5) is 0 Å². The number of thioether (sulfide) groups is 2. The molecule has 0 saturated carbocycles. The number of hydrogen-bond acceptors (Lipinski definition) is 6. The summed E-state index contributed by atoms with van der Waals surface area (Å²) < 4.78 is 3.89. The van der Waals surface area contributed by atoms with Gasteiger partial charge in [0.05, 0.1) is 0 Å². The molecule has 18 heavy (non-hydrogen) atoms. The Hall–Kier alpha value is -1.02. The molecule has 0 unspecified atom stereocenters. The van der Waals surface area contributed by atoms with Gasteiger partial charge in [-0.15, -0.1) is 20.4 Å². The third kappa shape index (κ3) is 3.74. The first-order chi connectivity index (χ1) is 8.77. The average Bonchev–Trinajstić information content (AvgIpc) is 2.94. The minimum atomic E-state index is 0.982. The Morgan fingerprint density at radius 2 is 1.33 bits per heavy atom. The number of unbranched alkanes of at least 4 members (excludes halogenated alkanes) is 1. The van der Waals surface area contributed by atoms with Gasteiger partial charge in [-0.05, 0) is 12.8 Å². The zero-order chi connectivity index (χ0) is 12.8. The van der Waals surface area contributed by atoms with Gasteiger partial charge in [-0.1, -0.05) is 23.5 Å². The van der Waals surface area contributed by atoms with Gasteiger partial charge in [-0.2, -0.15) is 0 Å². The van der Waals surface area contributed by atoms with Crippen molar-refractivity contribution in [3.8, 4) is 0 Å². The van der Waals surface area contributed by atoms with Crippen molar-refractivity contribution in [3.63, 3.8) is 0 Å². The van der Waals surface area contributed by atoms with Crippen LogP contribution in [0.3, 0.4) is 0 Å². The van der Waals surface area contributed by atoms with Crippen molar-refractivity contribution in [3.05, 3.63) is 12.7 Å². The molecule has 98 valence electrons. The summed E-state index contributed by atoms with van der Waals surface area (Å²) in [5.41, 5.74) is 0. The number of aryl methyl sites for hydroxylation is 2. The van der Waals surface area contributed by atoms with E-state index in [1.54, 1.807) is 36.2 Å². The van der Waals surface area contributed by atoms with E-state index in [9.17, 15) is 0 Å². The molecule has 0 aliphatic rings. The van der Waals surface area contributed by atoms with Crippen molar-refractivity contribution in [2.24, 2.45) is 14.1 Å². The van der Waals surface area contributed by atoms with E-state index in [-0.39, 0.29) is 0 Å². The highest BCUT2D eigenvalue weighted by atomic mass is 32.2. The zero-order valence-electron chi connectivity index (χ0n) is 10.5. The van der Waals surface area contributed by atoms with Crippen LogP contribution in [0.25, 0.3) is 0 Å². The molecule has 2 aromatic rings. The molecule has 0 aliphatic carbocycles. The van der Waals surface area contributed by atoms with Crippen molar-refractivity contribution in [2.75, 3.05) is 11.5 Å². The quantitative estimate of drug-likeness (QED) is 0.568. The lowest BCUT2D eigenvalue weighted by atomic mass is 10.4. The van der Waals surface area contributed by atoms with Gasteiger partial charge in [0.1, 0.15) is 12.7 Å². The van der Waals surface area contributed by atoms with Crippen LogP contribution >= 0.6 is 23.5 Å². The van der Waals surface area contributed by atoms with E-state index in [0.29, 0.717) is 0 Å². The molecule has 0 atom stereocenters. The number of nitrogens with zero attached hydrogens (tertiary/aromatic N) is 6. The molecule has 0 bridgehead atoms. The highest BCUT2D eigenvalue weighted by Gasteiger charge is 2.02. The number of rotatable bonds is 7. The van der Waals surface area contributed by atoms with Crippen LogP contribution in [0.2, 0.25) is 0 Å². The molecule has 0 radical (unpaired) electrons. The summed E-state index contributed by atoms with van der Waals surface area (Å²) in [6, 6.07) is 0. The second kappa shape index (κ2) is 6.79. The monoisotopic (exact) mass is 284 g/mol. The molecule has 0 saturated heterocycles. The molecule has 0 spiro atoms. The van der Waals surface area contributed by atoms with Gasteiger partial charge in [0.2, 0.25) is 0 Å². The molecule has 2 aromatic heterocycles. The van der Waals surface area contributed by atoms with Crippen molar-refractivity contribution in [1.82, 2.24) is 29.5 Å². The highest BCUT2D eigenvalue weighted by Crippen LogP contribution is 2.18. The second-order valence-corrected chi connectivity index (χ2v) is 5.98. The molecule has 0 aromatic carbocycles. The van der Waals surface area contributed by atoms with E-state index >= 15 is 0 Å².